The molecule has 0 aliphatic heterocycles. The van der Waals surface area contributed by atoms with E-state index in [1.807, 2.05) is 41.0 Å². The Bertz CT molecular complexity index is 1070. The number of rotatable bonds is 5. The summed E-state index contributed by atoms with van der Waals surface area (Å²) >= 11 is 7.53. The van der Waals surface area contributed by atoms with Gasteiger partial charge in [-0.3, -0.25) is 4.57 Å². The number of aryl methyl sites for hydroxylation is 2. The van der Waals surface area contributed by atoms with Crippen LogP contribution in [0.1, 0.15) is 17.3 Å². The molecule has 6 nitrogen and oxygen atoms in total. The second-order valence-electron chi connectivity index (χ2n) is 5.99. The molecule has 0 fully saturated rings. The van der Waals surface area contributed by atoms with E-state index in [-0.39, 0.29) is 0 Å². The van der Waals surface area contributed by atoms with Gasteiger partial charge in [0.05, 0.1) is 5.75 Å². The molecule has 4 rings (SSSR count). The Balaban J connectivity index is 1.75. The van der Waals surface area contributed by atoms with Crippen LogP contribution < -0.4 is 0 Å². The fourth-order valence-electron chi connectivity index (χ4n) is 2.67. The zero-order valence-electron chi connectivity index (χ0n) is 14.8. The Labute approximate surface area is 165 Å². The zero-order chi connectivity index (χ0) is 18.8. The lowest BCUT2D eigenvalue weighted by Crippen LogP contribution is -2.00. The van der Waals surface area contributed by atoms with Crippen LogP contribution in [-0.2, 0) is 5.75 Å². The van der Waals surface area contributed by atoms with Gasteiger partial charge in [-0.25, -0.2) is 0 Å². The van der Waals surface area contributed by atoms with Crippen molar-refractivity contribution < 1.29 is 4.42 Å². The summed E-state index contributed by atoms with van der Waals surface area (Å²) in [5.74, 6) is 2.38. The molecule has 136 valence electrons. The van der Waals surface area contributed by atoms with Crippen LogP contribution in [0.2, 0.25) is 5.02 Å². The fourth-order valence-corrected chi connectivity index (χ4v) is 3.59. The van der Waals surface area contributed by atoms with Gasteiger partial charge in [-0.1, -0.05) is 35.5 Å². The van der Waals surface area contributed by atoms with Crippen LogP contribution in [0.4, 0.5) is 0 Å². The van der Waals surface area contributed by atoms with E-state index >= 15 is 0 Å². The maximum atomic E-state index is 6.03. The van der Waals surface area contributed by atoms with Crippen molar-refractivity contribution in [2.45, 2.75) is 24.8 Å². The molecule has 0 spiro atoms. The highest BCUT2D eigenvalue weighted by atomic mass is 35.5. The molecule has 0 bridgehead atoms. The van der Waals surface area contributed by atoms with Gasteiger partial charge in [0.2, 0.25) is 11.8 Å². The zero-order valence-corrected chi connectivity index (χ0v) is 16.3. The molecule has 8 heteroatoms. The van der Waals surface area contributed by atoms with Crippen LogP contribution in [0.5, 0.6) is 0 Å². The largest absolute Gasteiger partial charge is 0.425 e. The number of aromatic nitrogens is 5. The molecule has 0 amide bonds. The lowest BCUT2D eigenvalue weighted by Gasteiger charge is -2.11. The molecule has 0 N–H and O–H groups in total. The second kappa shape index (κ2) is 7.54. The van der Waals surface area contributed by atoms with Crippen molar-refractivity contribution in [2.75, 3.05) is 0 Å². The van der Waals surface area contributed by atoms with Crippen LogP contribution in [-0.4, -0.2) is 25.0 Å². The van der Waals surface area contributed by atoms with Crippen LogP contribution in [0.3, 0.4) is 0 Å². The highest BCUT2D eigenvalue weighted by Crippen LogP contribution is 2.30. The smallest absolute Gasteiger partial charge is 0.226 e. The SMILES string of the molecule is Cc1cccc(-n2c(SCc3nnc(C)o3)nnc2-c2ccc(Cl)cc2)c1. The number of hydrogen-bond acceptors (Lipinski definition) is 6. The number of halogens is 1. The molecule has 0 atom stereocenters. The molecule has 0 radical (unpaired) electrons. The van der Waals surface area contributed by atoms with Crippen molar-refractivity contribution in [1.82, 2.24) is 25.0 Å². The molecule has 0 saturated heterocycles. The molecule has 0 unspecified atom stereocenters. The van der Waals surface area contributed by atoms with Gasteiger partial charge in [-0.05, 0) is 48.9 Å². The summed E-state index contributed by atoms with van der Waals surface area (Å²) in [4.78, 5) is 0. The van der Waals surface area contributed by atoms with Gasteiger partial charge in [-0.2, -0.15) is 0 Å². The summed E-state index contributed by atoms with van der Waals surface area (Å²) in [5.41, 5.74) is 3.09. The number of nitrogens with zero attached hydrogens (tertiary/aromatic N) is 5. The Morgan fingerprint density at radius 1 is 1.00 bits per heavy atom. The number of benzene rings is 2. The van der Waals surface area contributed by atoms with Crippen molar-refractivity contribution in [3.05, 3.63) is 70.9 Å². The van der Waals surface area contributed by atoms with Gasteiger partial charge < -0.3 is 4.42 Å². The molecular formula is C19H16ClN5OS. The van der Waals surface area contributed by atoms with E-state index in [9.17, 15) is 0 Å². The Kier molecular flexibility index (Phi) is 4.96. The highest BCUT2D eigenvalue weighted by Gasteiger charge is 2.17. The summed E-state index contributed by atoms with van der Waals surface area (Å²) < 4.78 is 7.49. The van der Waals surface area contributed by atoms with Gasteiger partial charge in [0.1, 0.15) is 0 Å². The third-order valence-electron chi connectivity index (χ3n) is 3.89. The standard InChI is InChI=1S/C19H16ClN5OS/c1-12-4-3-5-16(10-12)25-18(14-6-8-15(20)9-7-14)23-24-19(25)27-11-17-22-21-13(2)26-17/h3-10H,11H2,1-2H3. The van der Waals surface area contributed by atoms with Gasteiger partial charge in [0.25, 0.3) is 0 Å². The highest BCUT2D eigenvalue weighted by molar-refractivity contribution is 7.98. The summed E-state index contributed by atoms with van der Waals surface area (Å²) in [6.45, 7) is 3.83. The maximum Gasteiger partial charge on any atom is 0.226 e. The first-order valence-corrected chi connectivity index (χ1v) is 9.67. The molecular weight excluding hydrogens is 382 g/mol. The first-order valence-electron chi connectivity index (χ1n) is 8.30. The Hall–Kier alpha value is -2.64. The Morgan fingerprint density at radius 3 is 2.52 bits per heavy atom. The predicted octanol–water partition coefficient (Wildman–Crippen LogP) is 4.88. The molecule has 27 heavy (non-hydrogen) atoms. The van der Waals surface area contributed by atoms with E-state index in [2.05, 4.69) is 39.5 Å². The first kappa shape index (κ1) is 17.8. The third kappa shape index (κ3) is 3.89. The van der Waals surface area contributed by atoms with E-state index in [1.165, 1.54) is 11.8 Å². The van der Waals surface area contributed by atoms with Crippen molar-refractivity contribution in [3.8, 4) is 17.1 Å². The van der Waals surface area contributed by atoms with Crippen molar-refractivity contribution in [2.24, 2.45) is 0 Å². The summed E-state index contributed by atoms with van der Waals surface area (Å²) in [6.07, 6.45) is 0. The average molecular weight is 398 g/mol. The molecule has 4 aromatic rings. The molecule has 2 heterocycles. The van der Waals surface area contributed by atoms with Gasteiger partial charge in [-0.15, -0.1) is 20.4 Å². The van der Waals surface area contributed by atoms with Crippen LogP contribution in [0, 0.1) is 13.8 Å². The minimum Gasteiger partial charge on any atom is -0.425 e. The van der Waals surface area contributed by atoms with Crippen LogP contribution in [0.15, 0.2) is 58.1 Å². The van der Waals surface area contributed by atoms with E-state index in [4.69, 9.17) is 16.0 Å². The van der Waals surface area contributed by atoms with Crippen LogP contribution in [0.25, 0.3) is 17.1 Å². The molecule has 2 aromatic carbocycles. The monoisotopic (exact) mass is 397 g/mol. The van der Waals surface area contributed by atoms with E-state index in [1.54, 1.807) is 6.92 Å². The van der Waals surface area contributed by atoms with Crippen molar-refractivity contribution in [1.29, 1.82) is 0 Å². The normalized spacial score (nSPS) is 11.1. The molecule has 0 aliphatic carbocycles. The lowest BCUT2D eigenvalue weighted by molar-refractivity contribution is 0.485. The molecule has 2 aromatic heterocycles. The molecule has 0 saturated carbocycles. The number of hydrogen-bond donors (Lipinski definition) is 0. The number of thioether (sulfide) groups is 1. The van der Waals surface area contributed by atoms with Crippen LogP contribution >= 0.6 is 23.4 Å². The van der Waals surface area contributed by atoms with E-state index in [0.717, 1.165) is 27.8 Å². The van der Waals surface area contributed by atoms with Gasteiger partial charge in [0.15, 0.2) is 11.0 Å². The minimum absolute atomic E-state index is 0.519. The topological polar surface area (TPSA) is 69.6 Å². The van der Waals surface area contributed by atoms with Gasteiger partial charge in [0, 0.05) is 23.2 Å². The first-order chi connectivity index (χ1) is 13.1. The predicted molar refractivity (Wildman–Crippen MR) is 105 cm³/mol. The quantitative estimate of drug-likeness (QED) is 0.447. The fraction of sp³-hybridized carbons (Fsp3) is 0.158. The third-order valence-corrected chi connectivity index (χ3v) is 5.05. The lowest BCUT2D eigenvalue weighted by atomic mass is 10.2. The summed E-state index contributed by atoms with van der Waals surface area (Å²) in [7, 11) is 0. The van der Waals surface area contributed by atoms with E-state index in [0.29, 0.717) is 22.6 Å². The van der Waals surface area contributed by atoms with E-state index < -0.39 is 0 Å². The average Bonchev–Trinajstić information content (AvgIpc) is 3.26. The molecule has 0 aliphatic rings. The Morgan fingerprint density at radius 2 is 1.81 bits per heavy atom. The van der Waals surface area contributed by atoms with Gasteiger partial charge >= 0.3 is 0 Å². The van der Waals surface area contributed by atoms with Crippen molar-refractivity contribution in [3.63, 3.8) is 0 Å². The minimum atomic E-state index is 0.519. The maximum absolute atomic E-state index is 6.03. The van der Waals surface area contributed by atoms with Crippen molar-refractivity contribution >= 4 is 23.4 Å². The second-order valence-corrected chi connectivity index (χ2v) is 7.37. The summed E-state index contributed by atoms with van der Waals surface area (Å²) in [6, 6.07) is 15.8. The summed E-state index contributed by atoms with van der Waals surface area (Å²) in [5, 5.41) is 18.2.